The summed E-state index contributed by atoms with van der Waals surface area (Å²) in [5.41, 5.74) is 1.90. The van der Waals surface area contributed by atoms with Crippen molar-refractivity contribution in [2.45, 2.75) is 57.8 Å². The van der Waals surface area contributed by atoms with E-state index in [1.807, 2.05) is 26.8 Å². The molecule has 2 aliphatic rings. The molecule has 1 atom stereocenters. The van der Waals surface area contributed by atoms with Gasteiger partial charge in [-0.1, -0.05) is 11.6 Å². The van der Waals surface area contributed by atoms with Gasteiger partial charge in [-0.15, -0.1) is 0 Å². The lowest BCUT2D eigenvalue weighted by Crippen LogP contribution is -2.48. The molecule has 0 radical (unpaired) electrons. The number of rotatable bonds is 2. The average molecular weight is 338 g/mol. The molecule has 1 saturated heterocycles. The van der Waals surface area contributed by atoms with Gasteiger partial charge in [-0.2, -0.15) is 0 Å². The highest BCUT2D eigenvalue weighted by atomic mass is 35.5. The quantitative estimate of drug-likeness (QED) is 0.870. The van der Waals surface area contributed by atoms with Crippen molar-refractivity contribution in [3.63, 3.8) is 0 Å². The summed E-state index contributed by atoms with van der Waals surface area (Å²) in [5.74, 6) is -0.0717. The predicted octanol–water partition coefficient (Wildman–Crippen LogP) is 2.61. The number of nitrogens with zero attached hydrogens (tertiary/aromatic N) is 1. The fourth-order valence-electron chi connectivity index (χ4n) is 3.75. The van der Waals surface area contributed by atoms with Crippen molar-refractivity contribution in [2.24, 2.45) is 0 Å². The van der Waals surface area contributed by atoms with Crippen LogP contribution < -0.4 is 10.6 Å². The van der Waals surface area contributed by atoms with Crippen LogP contribution in [0, 0.1) is 6.92 Å². The molecule has 1 amide bonds. The van der Waals surface area contributed by atoms with E-state index in [1.165, 1.54) is 6.92 Å². The molecule has 1 aromatic heterocycles. The second kappa shape index (κ2) is 5.72. The van der Waals surface area contributed by atoms with E-state index in [0.717, 1.165) is 42.9 Å². The van der Waals surface area contributed by atoms with Crippen LogP contribution in [0.25, 0.3) is 0 Å². The van der Waals surface area contributed by atoms with Gasteiger partial charge in [0.05, 0.1) is 21.9 Å². The third kappa shape index (κ3) is 2.86. The summed E-state index contributed by atoms with van der Waals surface area (Å²) in [6.07, 6.45) is 1.49. The lowest BCUT2D eigenvalue weighted by atomic mass is 9.86. The van der Waals surface area contributed by atoms with Crippen molar-refractivity contribution in [2.75, 3.05) is 13.1 Å². The molecule has 1 spiro atoms. The highest BCUT2D eigenvalue weighted by Crippen LogP contribution is 2.51. The zero-order chi connectivity index (χ0) is 16.8. The van der Waals surface area contributed by atoms with Crippen LogP contribution >= 0.6 is 11.6 Å². The summed E-state index contributed by atoms with van der Waals surface area (Å²) in [6, 6.07) is 1.96. The van der Waals surface area contributed by atoms with Crippen LogP contribution in [0.1, 0.15) is 56.7 Å². The normalized spacial score (nSPS) is 22.9. The molecular formula is C17H24ClN3O2. The molecule has 2 aliphatic heterocycles. The first-order valence-corrected chi connectivity index (χ1v) is 8.48. The number of ether oxygens (including phenoxy) is 1. The lowest BCUT2D eigenvalue weighted by molar-refractivity contribution is -0.135. The maximum Gasteiger partial charge on any atom is 0.217 e. The molecule has 1 fully saturated rings. The van der Waals surface area contributed by atoms with Crippen LogP contribution in [0.15, 0.2) is 6.07 Å². The number of hydrogen-bond acceptors (Lipinski definition) is 4. The molecule has 3 heterocycles. The molecule has 0 aliphatic carbocycles. The molecular weight excluding hydrogens is 314 g/mol. The largest absolute Gasteiger partial charge is 0.358 e. The van der Waals surface area contributed by atoms with Crippen LogP contribution in [0.5, 0.6) is 0 Å². The number of amides is 1. The van der Waals surface area contributed by atoms with E-state index in [-0.39, 0.29) is 17.6 Å². The fraction of sp³-hybridized carbons (Fsp3) is 0.647. The highest BCUT2D eigenvalue weighted by molar-refractivity contribution is 6.31. The van der Waals surface area contributed by atoms with Crippen LogP contribution in [-0.4, -0.2) is 29.5 Å². The number of aryl methyl sites for hydroxylation is 1. The highest BCUT2D eigenvalue weighted by Gasteiger charge is 2.51. The molecule has 126 valence electrons. The van der Waals surface area contributed by atoms with Gasteiger partial charge in [0.15, 0.2) is 0 Å². The number of pyridine rings is 1. The van der Waals surface area contributed by atoms with Crippen LogP contribution in [0.4, 0.5) is 0 Å². The number of carbonyl (C=O) groups excluding carboxylic acids is 1. The number of fused-ring (bicyclic) bond motifs is 2. The maximum atomic E-state index is 11.6. The SMILES string of the molecule is CC(=O)NC(C)(C)C1OC2(CCNCC2)c2nc(C)c(Cl)cc21. The second-order valence-electron chi connectivity index (χ2n) is 7.14. The fourth-order valence-corrected chi connectivity index (χ4v) is 3.91. The number of hydrogen-bond donors (Lipinski definition) is 2. The van der Waals surface area contributed by atoms with Gasteiger partial charge in [-0.05, 0) is 52.8 Å². The van der Waals surface area contributed by atoms with Crippen LogP contribution in [0.2, 0.25) is 5.02 Å². The molecule has 1 unspecified atom stereocenters. The Kier molecular flexibility index (Phi) is 4.15. The van der Waals surface area contributed by atoms with Crippen molar-refractivity contribution < 1.29 is 9.53 Å². The van der Waals surface area contributed by atoms with Crippen molar-refractivity contribution in [1.82, 2.24) is 15.6 Å². The Bertz CT molecular complexity index is 639. The van der Waals surface area contributed by atoms with Crippen LogP contribution in [0.3, 0.4) is 0 Å². The minimum absolute atomic E-state index is 0.0717. The van der Waals surface area contributed by atoms with Crippen molar-refractivity contribution in [3.8, 4) is 0 Å². The minimum atomic E-state index is -0.533. The summed E-state index contributed by atoms with van der Waals surface area (Å²) in [6.45, 7) is 9.21. The number of aromatic nitrogens is 1. The van der Waals surface area contributed by atoms with E-state index in [9.17, 15) is 4.79 Å². The monoisotopic (exact) mass is 337 g/mol. The van der Waals surface area contributed by atoms with Gasteiger partial charge >= 0.3 is 0 Å². The Hall–Kier alpha value is -1.17. The van der Waals surface area contributed by atoms with Crippen LogP contribution in [-0.2, 0) is 15.1 Å². The van der Waals surface area contributed by atoms with Gasteiger partial charge < -0.3 is 15.4 Å². The number of carbonyl (C=O) groups is 1. The van der Waals surface area contributed by atoms with E-state index < -0.39 is 5.54 Å². The first-order chi connectivity index (χ1) is 10.8. The summed E-state index contributed by atoms with van der Waals surface area (Å²) < 4.78 is 6.56. The van der Waals surface area contributed by atoms with Gasteiger partial charge in [-0.3, -0.25) is 9.78 Å². The maximum absolute atomic E-state index is 11.6. The molecule has 0 saturated carbocycles. The van der Waals surface area contributed by atoms with Crippen molar-refractivity contribution in [3.05, 3.63) is 28.0 Å². The van der Waals surface area contributed by atoms with E-state index in [1.54, 1.807) is 0 Å². The number of piperidine rings is 1. The van der Waals surface area contributed by atoms with Gasteiger partial charge in [0.25, 0.3) is 0 Å². The summed E-state index contributed by atoms with van der Waals surface area (Å²) in [4.78, 5) is 16.4. The molecule has 6 heteroatoms. The van der Waals surface area contributed by atoms with Gasteiger partial charge in [-0.25, -0.2) is 0 Å². The first kappa shape index (κ1) is 16.7. The Morgan fingerprint density at radius 1 is 1.48 bits per heavy atom. The molecule has 0 bridgehead atoms. The molecule has 0 aromatic carbocycles. The minimum Gasteiger partial charge on any atom is -0.358 e. The summed E-state index contributed by atoms with van der Waals surface area (Å²) in [5, 5.41) is 7.02. The number of halogens is 1. The summed E-state index contributed by atoms with van der Waals surface area (Å²) in [7, 11) is 0. The predicted molar refractivity (Wildman–Crippen MR) is 89.5 cm³/mol. The van der Waals surface area contributed by atoms with Crippen molar-refractivity contribution in [1.29, 1.82) is 0 Å². The second-order valence-corrected chi connectivity index (χ2v) is 7.55. The third-order valence-electron chi connectivity index (χ3n) is 4.80. The lowest BCUT2D eigenvalue weighted by Gasteiger charge is -2.37. The zero-order valence-corrected chi connectivity index (χ0v) is 14.9. The Balaban J connectivity index is 2.08. The topological polar surface area (TPSA) is 63.2 Å². The average Bonchev–Trinajstić information content (AvgIpc) is 2.74. The van der Waals surface area contributed by atoms with Crippen molar-refractivity contribution >= 4 is 17.5 Å². The van der Waals surface area contributed by atoms with E-state index >= 15 is 0 Å². The standard InChI is InChI=1S/C17H24ClN3O2/c1-10-13(18)9-12-14(20-10)17(5-7-19-8-6-17)23-15(12)16(3,4)21-11(2)22/h9,15,19H,5-8H2,1-4H3,(H,21,22). The molecule has 1 aromatic rings. The van der Waals surface area contributed by atoms with E-state index in [4.69, 9.17) is 21.3 Å². The first-order valence-electron chi connectivity index (χ1n) is 8.10. The van der Waals surface area contributed by atoms with Gasteiger partial charge in [0.2, 0.25) is 5.91 Å². The molecule has 2 N–H and O–H groups in total. The third-order valence-corrected chi connectivity index (χ3v) is 5.19. The number of nitrogens with one attached hydrogen (secondary N) is 2. The Morgan fingerprint density at radius 2 is 2.13 bits per heavy atom. The van der Waals surface area contributed by atoms with Gasteiger partial charge in [0.1, 0.15) is 11.7 Å². The Labute approximate surface area is 142 Å². The molecule has 5 nitrogen and oxygen atoms in total. The van der Waals surface area contributed by atoms with E-state index in [0.29, 0.717) is 5.02 Å². The van der Waals surface area contributed by atoms with Gasteiger partial charge in [0, 0.05) is 12.5 Å². The molecule has 23 heavy (non-hydrogen) atoms. The smallest absolute Gasteiger partial charge is 0.217 e. The van der Waals surface area contributed by atoms with E-state index in [2.05, 4.69) is 10.6 Å². The molecule has 3 rings (SSSR count). The zero-order valence-electron chi connectivity index (χ0n) is 14.1. The Morgan fingerprint density at radius 3 is 2.74 bits per heavy atom. The summed E-state index contributed by atoms with van der Waals surface area (Å²) >= 11 is 6.32.